The summed E-state index contributed by atoms with van der Waals surface area (Å²) in [5, 5.41) is 9.19. The third-order valence-electron chi connectivity index (χ3n) is 3.72. The molecule has 1 saturated carbocycles. The molecular formula is C13H15FN2O2S. The maximum atomic E-state index is 13.8. The van der Waals surface area contributed by atoms with Crippen LogP contribution in [0, 0.1) is 24.1 Å². The first-order valence-electron chi connectivity index (χ1n) is 6.00. The molecule has 0 spiro atoms. The molecule has 0 heterocycles. The van der Waals surface area contributed by atoms with Crippen molar-refractivity contribution in [2.75, 3.05) is 7.05 Å². The number of benzene rings is 1. The van der Waals surface area contributed by atoms with Gasteiger partial charge in [-0.05, 0) is 43.9 Å². The van der Waals surface area contributed by atoms with Crippen molar-refractivity contribution in [3.05, 3.63) is 29.6 Å². The van der Waals surface area contributed by atoms with Gasteiger partial charge in [-0.2, -0.15) is 9.57 Å². The average molecular weight is 282 g/mol. The van der Waals surface area contributed by atoms with E-state index in [4.69, 9.17) is 0 Å². The molecular weight excluding hydrogens is 267 g/mol. The van der Waals surface area contributed by atoms with Gasteiger partial charge in [0.05, 0.1) is 6.07 Å². The normalized spacial score (nSPS) is 17.8. The summed E-state index contributed by atoms with van der Waals surface area (Å²) in [4.78, 5) is -0.364. The minimum Gasteiger partial charge on any atom is -0.207 e. The fourth-order valence-electron chi connectivity index (χ4n) is 2.19. The highest BCUT2D eigenvalue weighted by atomic mass is 32.2. The fraction of sp³-hybridized carbons (Fsp3) is 0.462. The Morgan fingerprint density at radius 2 is 2.05 bits per heavy atom. The Morgan fingerprint density at radius 1 is 1.42 bits per heavy atom. The molecule has 1 aromatic rings. The van der Waals surface area contributed by atoms with Crippen LogP contribution in [0.5, 0.6) is 0 Å². The first kappa shape index (κ1) is 14.0. The molecule has 0 amide bonds. The number of nitrogens with zero attached hydrogens (tertiary/aromatic N) is 2. The SMILES string of the molecule is Cc1ccc(F)c(S(=O)(=O)N(C)C2(C#N)CCC2)c1. The van der Waals surface area contributed by atoms with E-state index in [2.05, 4.69) is 0 Å². The molecule has 1 aliphatic rings. The summed E-state index contributed by atoms with van der Waals surface area (Å²) in [7, 11) is -2.64. The lowest BCUT2D eigenvalue weighted by atomic mass is 9.78. The molecule has 4 nitrogen and oxygen atoms in total. The molecule has 6 heteroatoms. The van der Waals surface area contributed by atoms with Crippen molar-refractivity contribution in [2.45, 2.75) is 36.6 Å². The largest absolute Gasteiger partial charge is 0.247 e. The summed E-state index contributed by atoms with van der Waals surface area (Å²) >= 11 is 0. The summed E-state index contributed by atoms with van der Waals surface area (Å²) in [6.07, 6.45) is 1.79. The maximum Gasteiger partial charge on any atom is 0.247 e. The van der Waals surface area contributed by atoms with Gasteiger partial charge >= 0.3 is 0 Å². The molecule has 1 fully saturated rings. The van der Waals surface area contributed by atoms with Gasteiger partial charge in [-0.1, -0.05) is 6.07 Å². The Bertz CT molecular complexity index is 645. The molecule has 0 N–H and O–H groups in total. The topological polar surface area (TPSA) is 61.2 Å². The third kappa shape index (κ3) is 2.13. The van der Waals surface area contributed by atoms with Crippen molar-refractivity contribution in [3.63, 3.8) is 0 Å². The van der Waals surface area contributed by atoms with E-state index in [0.29, 0.717) is 18.4 Å². The molecule has 1 aromatic carbocycles. The predicted octanol–water partition coefficient (Wildman–Crippen LogP) is 2.20. The van der Waals surface area contributed by atoms with Crippen LogP contribution >= 0.6 is 0 Å². The van der Waals surface area contributed by atoms with E-state index in [0.717, 1.165) is 16.8 Å². The van der Waals surface area contributed by atoms with Gasteiger partial charge in [0.15, 0.2) is 0 Å². The van der Waals surface area contributed by atoms with Crippen molar-refractivity contribution in [2.24, 2.45) is 0 Å². The number of aryl methyl sites for hydroxylation is 1. The lowest BCUT2D eigenvalue weighted by Gasteiger charge is -2.41. The van der Waals surface area contributed by atoms with Gasteiger partial charge in [-0.3, -0.25) is 0 Å². The van der Waals surface area contributed by atoms with Gasteiger partial charge in [-0.15, -0.1) is 0 Å². The second-order valence-corrected chi connectivity index (χ2v) is 6.84. The summed E-state index contributed by atoms with van der Waals surface area (Å²) in [5.74, 6) is -0.787. The van der Waals surface area contributed by atoms with Gasteiger partial charge in [0.25, 0.3) is 0 Å². The number of hydrogen-bond donors (Lipinski definition) is 0. The Labute approximate surface area is 112 Å². The van der Waals surface area contributed by atoms with Crippen molar-refractivity contribution < 1.29 is 12.8 Å². The van der Waals surface area contributed by atoms with Crippen LogP contribution in [-0.2, 0) is 10.0 Å². The van der Waals surface area contributed by atoms with Gasteiger partial charge in [0, 0.05) is 7.05 Å². The van der Waals surface area contributed by atoms with Crippen molar-refractivity contribution in [1.29, 1.82) is 5.26 Å². The third-order valence-corrected chi connectivity index (χ3v) is 5.66. The smallest absolute Gasteiger partial charge is 0.207 e. The van der Waals surface area contributed by atoms with Crippen LogP contribution in [0.2, 0.25) is 0 Å². The second kappa shape index (κ2) is 4.58. The minimum atomic E-state index is -3.99. The van der Waals surface area contributed by atoms with Gasteiger partial charge in [0.1, 0.15) is 16.3 Å². The van der Waals surface area contributed by atoms with E-state index >= 15 is 0 Å². The van der Waals surface area contributed by atoms with Gasteiger partial charge in [-0.25, -0.2) is 12.8 Å². The first-order valence-corrected chi connectivity index (χ1v) is 7.44. The van der Waals surface area contributed by atoms with Crippen molar-refractivity contribution >= 4 is 10.0 Å². The van der Waals surface area contributed by atoms with E-state index < -0.39 is 21.4 Å². The van der Waals surface area contributed by atoms with E-state index in [9.17, 15) is 18.1 Å². The zero-order chi connectivity index (χ0) is 14.3. The van der Waals surface area contributed by atoms with Crippen molar-refractivity contribution in [1.82, 2.24) is 4.31 Å². The molecule has 0 bridgehead atoms. The van der Waals surface area contributed by atoms with E-state index in [-0.39, 0.29) is 4.90 Å². The summed E-state index contributed by atoms with van der Waals surface area (Å²) < 4.78 is 39.6. The molecule has 102 valence electrons. The molecule has 2 rings (SSSR count). The zero-order valence-corrected chi connectivity index (χ0v) is 11.7. The Balaban J connectivity index is 2.49. The zero-order valence-electron chi connectivity index (χ0n) is 10.9. The standard InChI is InChI=1S/C13H15FN2O2S/c1-10-4-5-11(14)12(8-10)19(17,18)16(2)13(9-15)6-3-7-13/h4-5,8H,3,6-7H2,1-2H3. The fourth-order valence-corrected chi connectivity index (χ4v) is 3.82. The predicted molar refractivity (Wildman–Crippen MR) is 68.3 cm³/mol. The molecule has 0 radical (unpaired) electrons. The van der Waals surface area contributed by atoms with Crippen LogP contribution in [0.25, 0.3) is 0 Å². The Kier molecular flexibility index (Phi) is 3.37. The molecule has 0 aromatic heterocycles. The second-order valence-electron chi connectivity index (χ2n) is 4.90. The lowest BCUT2D eigenvalue weighted by molar-refractivity contribution is 0.171. The Hall–Kier alpha value is -1.45. The molecule has 19 heavy (non-hydrogen) atoms. The molecule has 0 unspecified atom stereocenters. The molecule has 0 atom stereocenters. The molecule has 1 aliphatic carbocycles. The summed E-state index contributed by atoms with van der Waals surface area (Å²) in [5.41, 5.74) is -0.359. The highest BCUT2D eigenvalue weighted by Gasteiger charge is 2.47. The quantitative estimate of drug-likeness (QED) is 0.854. The van der Waals surface area contributed by atoms with Gasteiger partial charge in [0.2, 0.25) is 10.0 Å². The summed E-state index contributed by atoms with van der Waals surface area (Å²) in [6, 6.07) is 5.99. The first-order chi connectivity index (χ1) is 8.83. The number of nitriles is 1. The number of halogens is 1. The average Bonchev–Trinajstić information content (AvgIpc) is 2.31. The number of rotatable bonds is 3. The molecule has 0 saturated heterocycles. The van der Waals surface area contributed by atoms with Crippen LogP contribution in [0.3, 0.4) is 0 Å². The number of sulfonamides is 1. The monoisotopic (exact) mass is 282 g/mol. The van der Waals surface area contributed by atoms with Crippen LogP contribution in [-0.4, -0.2) is 25.3 Å². The van der Waals surface area contributed by atoms with Crippen molar-refractivity contribution in [3.8, 4) is 6.07 Å². The van der Waals surface area contributed by atoms with E-state index in [1.807, 2.05) is 6.07 Å². The van der Waals surface area contributed by atoms with E-state index in [1.165, 1.54) is 19.2 Å². The number of hydrogen-bond acceptors (Lipinski definition) is 3. The van der Waals surface area contributed by atoms with Crippen LogP contribution < -0.4 is 0 Å². The minimum absolute atomic E-state index is 0.364. The van der Waals surface area contributed by atoms with Crippen LogP contribution in [0.4, 0.5) is 4.39 Å². The highest BCUT2D eigenvalue weighted by Crippen LogP contribution is 2.39. The highest BCUT2D eigenvalue weighted by molar-refractivity contribution is 7.89. The van der Waals surface area contributed by atoms with E-state index in [1.54, 1.807) is 6.92 Å². The summed E-state index contributed by atoms with van der Waals surface area (Å²) in [6.45, 7) is 1.70. The maximum absolute atomic E-state index is 13.8. The Morgan fingerprint density at radius 3 is 2.53 bits per heavy atom. The molecule has 0 aliphatic heterocycles. The van der Waals surface area contributed by atoms with Gasteiger partial charge < -0.3 is 0 Å². The lowest BCUT2D eigenvalue weighted by Crippen LogP contribution is -2.53. The van der Waals surface area contributed by atoms with Crippen LogP contribution in [0.1, 0.15) is 24.8 Å². The van der Waals surface area contributed by atoms with Crippen LogP contribution in [0.15, 0.2) is 23.1 Å².